The Labute approximate surface area is 165 Å². The Morgan fingerprint density at radius 1 is 1.23 bits per heavy atom. The number of unbranched alkanes of at least 4 members (excludes halogenated alkanes) is 2. The maximum atomic E-state index is 10.7. The summed E-state index contributed by atoms with van der Waals surface area (Å²) < 4.78 is 5.66. The van der Waals surface area contributed by atoms with E-state index in [2.05, 4.69) is 44.9 Å². The average Bonchev–Trinajstić information content (AvgIpc) is 2.61. The van der Waals surface area contributed by atoms with Crippen LogP contribution in [0.25, 0.3) is 5.57 Å². The minimum atomic E-state index is 0. The highest BCUT2D eigenvalue weighted by atomic mass is 35.5. The van der Waals surface area contributed by atoms with E-state index in [9.17, 15) is 5.11 Å². The monoisotopic (exact) mass is 381 g/mol. The van der Waals surface area contributed by atoms with Crippen molar-refractivity contribution < 1.29 is 9.84 Å². The number of phenols is 1. The second-order valence-electron chi connectivity index (χ2n) is 7.62. The molecule has 1 N–H and O–H groups in total. The van der Waals surface area contributed by atoms with Gasteiger partial charge in [0, 0.05) is 13.1 Å². The summed E-state index contributed by atoms with van der Waals surface area (Å²) in [5, 5.41) is 10.7. The molecule has 2 atom stereocenters. The van der Waals surface area contributed by atoms with Crippen LogP contribution in [0.5, 0.6) is 11.5 Å². The van der Waals surface area contributed by atoms with Gasteiger partial charge >= 0.3 is 0 Å². The van der Waals surface area contributed by atoms with Crippen molar-refractivity contribution >= 4 is 18.0 Å². The molecule has 0 saturated heterocycles. The minimum absolute atomic E-state index is 0. The number of benzene rings is 1. The largest absolute Gasteiger partial charge is 0.507 e. The van der Waals surface area contributed by atoms with Gasteiger partial charge in [-0.3, -0.25) is 0 Å². The van der Waals surface area contributed by atoms with Gasteiger partial charge in [0.25, 0.3) is 0 Å². The quantitative estimate of drug-likeness (QED) is 0.572. The summed E-state index contributed by atoms with van der Waals surface area (Å²) in [5.74, 6) is 2.18. The molecule has 0 aliphatic carbocycles. The van der Waals surface area contributed by atoms with Gasteiger partial charge in [-0.05, 0) is 48.6 Å². The normalized spacial score (nSPS) is 17.2. The summed E-state index contributed by atoms with van der Waals surface area (Å²) in [6.07, 6.45) is 8.23. The van der Waals surface area contributed by atoms with E-state index >= 15 is 0 Å². The lowest BCUT2D eigenvalue weighted by molar-refractivity contribution is 0.367. The Morgan fingerprint density at radius 2 is 1.96 bits per heavy atom. The zero-order chi connectivity index (χ0) is 18.4. The molecule has 1 aromatic carbocycles. The average molecular weight is 382 g/mol. The zero-order valence-electron chi connectivity index (χ0n) is 17.0. The molecule has 1 aliphatic heterocycles. The van der Waals surface area contributed by atoms with E-state index in [-0.39, 0.29) is 12.4 Å². The minimum Gasteiger partial charge on any atom is -0.507 e. The van der Waals surface area contributed by atoms with Gasteiger partial charge in [-0.15, -0.1) is 12.4 Å². The van der Waals surface area contributed by atoms with Gasteiger partial charge in [0.2, 0.25) is 0 Å². The van der Waals surface area contributed by atoms with Crippen molar-refractivity contribution in [3.05, 3.63) is 29.3 Å². The first-order chi connectivity index (χ1) is 12.0. The molecule has 0 fully saturated rings. The fraction of sp³-hybridized carbons (Fsp3) is 0.636. The van der Waals surface area contributed by atoms with E-state index in [0.717, 1.165) is 30.8 Å². The predicted molar refractivity (Wildman–Crippen MR) is 114 cm³/mol. The van der Waals surface area contributed by atoms with Crippen molar-refractivity contribution in [1.29, 1.82) is 0 Å². The molecular weight excluding hydrogens is 346 g/mol. The molecule has 2 rings (SSSR count). The third-order valence-corrected chi connectivity index (χ3v) is 5.70. The van der Waals surface area contributed by atoms with Gasteiger partial charge in [0.1, 0.15) is 11.5 Å². The number of ether oxygens (including phenoxy) is 1. The summed E-state index contributed by atoms with van der Waals surface area (Å²) in [7, 11) is 3.82. The van der Waals surface area contributed by atoms with Crippen molar-refractivity contribution in [2.75, 3.05) is 27.2 Å². The van der Waals surface area contributed by atoms with Gasteiger partial charge in [-0.2, -0.15) is 0 Å². The number of methoxy groups -OCH3 is 1. The van der Waals surface area contributed by atoms with Gasteiger partial charge in [-0.1, -0.05) is 52.5 Å². The Morgan fingerprint density at radius 3 is 2.54 bits per heavy atom. The molecule has 0 radical (unpaired) electrons. The molecule has 0 bridgehead atoms. The topological polar surface area (TPSA) is 32.7 Å². The second-order valence-corrected chi connectivity index (χ2v) is 7.62. The Kier molecular flexibility index (Phi) is 9.52. The molecule has 1 aliphatic rings. The molecule has 0 saturated carbocycles. The molecule has 0 amide bonds. The van der Waals surface area contributed by atoms with Crippen LogP contribution in [0.1, 0.15) is 69.9 Å². The molecule has 1 aromatic rings. The highest BCUT2D eigenvalue weighted by Crippen LogP contribution is 2.41. The zero-order valence-corrected chi connectivity index (χ0v) is 17.9. The Hall–Kier alpha value is -1.19. The number of nitrogens with zero attached hydrogens (tertiary/aromatic N) is 1. The number of aromatic hydroxyl groups is 1. The molecule has 26 heavy (non-hydrogen) atoms. The number of hydrogen-bond acceptors (Lipinski definition) is 3. The van der Waals surface area contributed by atoms with Crippen LogP contribution in [0, 0.1) is 5.92 Å². The number of phenolic OH excluding ortho intramolecular Hbond substituents is 1. The van der Waals surface area contributed by atoms with Gasteiger partial charge in [0.05, 0.1) is 12.7 Å². The first-order valence-electron chi connectivity index (χ1n) is 9.76. The van der Waals surface area contributed by atoms with Crippen LogP contribution >= 0.6 is 12.4 Å². The van der Waals surface area contributed by atoms with E-state index in [0.29, 0.717) is 17.6 Å². The first kappa shape index (κ1) is 22.9. The highest BCUT2D eigenvalue weighted by molar-refractivity contribution is 5.85. The van der Waals surface area contributed by atoms with E-state index in [4.69, 9.17) is 4.74 Å². The fourth-order valence-corrected chi connectivity index (χ4v) is 3.66. The van der Waals surface area contributed by atoms with Crippen LogP contribution in [-0.2, 0) is 0 Å². The van der Waals surface area contributed by atoms with Crippen LogP contribution in [0.15, 0.2) is 18.2 Å². The molecule has 148 valence electrons. The number of halogens is 1. The maximum absolute atomic E-state index is 10.7. The smallest absolute Gasteiger partial charge is 0.130 e. The lowest BCUT2D eigenvalue weighted by atomic mass is 9.84. The second kappa shape index (κ2) is 10.8. The van der Waals surface area contributed by atoms with E-state index in [1.807, 2.05) is 6.07 Å². The number of likely N-dealkylation sites (N-methyl/N-ethyl adjacent to an activating group) is 1. The van der Waals surface area contributed by atoms with Gasteiger partial charge in [-0.25, -0.2) is 0 Å². The molecule has 2 unspecified atom stereocenters. The summed E-state index contributed by atoms with van der Waals surface area (Å²) in [5.41, 5.74) is 3.25. The van der Waals surface area contributed by atoms with Crippen molar-refractivity contribution in [3.8, 4) is 11.5 Å². The molecule has 4 heteroatoms. The molecular formula is C22H36ClNO2. The van der Waals surface area contributed by atoms with Crippen molar-refractivity contribution in [1.82, 2.24) is 4.90 Å². The van der Waals surface area contributed by atoms with Gasteiger partial charge < -0.3 is 14.7 Å². The van der Waals surface area contributed by atoms with Crippen LogP contribution < -0.4 is 4.74 Å². The van der Waals surface area contributed by atoms with E-state index < -0.39 is 0 Å². The molecule has 0 aromatic heterocycles. The third-order valence-electron chi connectivity index (χ3n) is 5.70. The van der Waals surface area contributed by atoms with E-state index in [1.54, 1.807) is 7.11 Å². The third kappa shape index (κ3) is 5.65. The lowest BCUT2D eigenvalue weighted by Gasteiger charge is -2.25. The summed E-state index contributed by atoms with van der Waals surface area (Å²) in [6, 6.07) is 4.09. The molecule has 0 spiro atoms. The van der Waals surface area contributed by atoms with Crippen LogP contribution in [0.3, 0.4) is 0 Å². The SMILES string of the molecule is CCCCCC(C)C(C)c1cc(O)c(C2=CCN(C)CC2)c(OC)c1.Cl. The van der Waals surface area contributed by atoms with Crippen molar-refractivity contribution in [3.63, 3.8) is 0 Å². The Bertz CT molecular complexity index is 600. The van der Waals surface area contributed by atoms with Gasteiger partial charge in [0.15, 0.2) is 0 Å². The van der Waals surface area contributed by atoms with Crippen molar-refractivity contribution in [2.45, 2.75) is 58.8 Å². The Balaban J connectivity index is 0.00000338. The van der Waals surface area contributed by atoms with Crippen LogP contribution in [-0.4, -0.2) is 37.3 Å². The summed E-state index contributed by atoms with van der Waals surface area (Å²) in [4.78, 5) is 2.28. The maximum Gasteiger partial charge on any atom is 0.130 e. The number of rotatable bonds is 8. The number of hydrogen-bond donors (Lipinski definition) is 1. The fourth-order valence-electron chi connectivity index (χ4n) is 3.66. The lowest BCUT2D eigenvalue weighted by Crippen LogP contribution is -2.23. The van der Waals surface area contributed by atoms with Crippen LogP contribution in [0.2, 0.25) is 0 Å². The first-order valence-corrected chi connectivity index (χ1v) is 9.76. The standard InChI is InChI=1S/C22H35NO2.ClH/c1-6-7-8-9-16(2)17(3)19-14-20(24)22(21(15-19)25-5)18-10-12-23(4)13-11-18;/h10,14-17,24H,6-9,11-13H2,1-5H3;1H. The highest BCUT2D eigenvalue weighted by Gasteiger charge is 2.22. The molecule has 3 nitrogen and oxygen atoms in total. The summed E-state index contributed by atoms with van der Waals surface area (Å²) >= 11 is 0. The van der Waals surface area contributed by atoms with Crippen LogP contribution in [0.4, 0.5) is 0 Å². The molecule has 1 heterocycles. The summed E-state index contributed by atoms with van der Waals surface area (Å²) in [6.45, 7) is 8.76. The van der Waals surface area contributed by atoms with Crippen molar-refractivity contribution in [2.24, 2.45) is 5.92 Å². The predicted octanol–water partition coefficient (Wildman–Crippen LogP) is 5.86. The van der Waals surface area contributed by atoms with E-state index in [1.165, 1.54) is 36.8 Å².